The van der Waals surface area contributed by atoms with Gasteiger partial charge in [0.15, 0.2) is 5.78 Å². The Morgan fingerprint density at radius 1 is 1.02 bits per heavy atom. The number of aliphatic carboxylic acids is 1. The SMILES string of the molecule is C/C(=C/C(=O)c1ccc(C(F)(F)F)cc1)NC(Cc1ccc(OCCc2nc(-c3ccccc3)sc2C)cc1)C(=O)O. The fourth-order valence-corrected chi connectivity index (χ4v) is 5.17. The van der Waals surface area contributed by atoms with Crippen LogP contribution < -0.4 is 10.1 Å². The van der Waals surface area contributed by atoms with Crippen LogP contribution in [-0.2, 0) is 23.8 Å². The second-order valence-corrected chi connectivity index (χ2v) is 10.8. The number of halogens is 3. The van der Waals surface area contributed by atoms with Crippen LogP contribution in [0.1, 0.15) is 39.0 Å². The number of ether oxygens (including phenoxy) is 1. The largest absolute Gasteiger partial charge is 0.493 e. The summed E-state index contributed by atoms with van der Waals surface area (Å²) in [7, 11) is 0. The Bertz CT molecular complexity index is 1550. The van der Waals surface area contributed by atoms with Gasteiger partial charge in [-0.1, -0.05) is 54.6 Å². The monoisotopic (exact) mass is 594 g/mol. The van der Waals surface area contributed by atoms with E-state index < -0.39 is 29.5 Å². The number of carbonyl (C=O) groups is 2. The number of carboxylic acid groups (broad SMARTS) is 1. The smallest absolute Gasteiger partial charge is 0.416 e. The van der Waals surface area contributed by atoms with Crippen molar-refractivity contribution < 1.29 is 32.6 Å². The highest BCUT2D eigenvalue weighted by Crippen LogP contribution is 2.29. The molecule has 0 aliphatic carbocycles. The van der Waals surface area contributed by atoms with E-state index in [2.05, 4.69) is 5.32 Å². The van der Waals surface area contributed by atoms with E-state index in [0.29, 0.717) is 18.8 Å². The van der Waals surface area contributed by atoms with E-state index in [1.54, 1.807) is 35.6 Å². The van der Waals surface area contributed by atoms with Gasteiger partial charge in [0.25, 0.3) is 0 Å². The van der Waals surface area contributed by atoms with Crippen molar-refractivity contribution in [1.29, 1.82) is 0 Å². The Kier molecular flexibility index (Phi) is 9.80. The number of carbonyl (C=O) groups excluding carboxylic acids is 1. The molecule has 0 fully saturated rings. The number of nitrogens with one attached hydrogen (secondary N) is 1. The van der Waals surface area contributed by atoms with Gasteiger partial charge in [-0.2, -0.15) is 13.2 Å². The first kappa shape index (κ1) is 30.5. The molecule has 0 amide bonds. The molecule has 4 aromatic rings. The molecular weight excluding hydrogens is 565 g/mol. The van der Waals surface area contributed by atoms with E-state index in [9.17, 15) is 27.9 Å². The first-order valence-corrected chi connectivity index (χ1v) is 13.9. The second-order valence-electron chi connectivity index (χ2n) is 9.64. The fraction of sp³-hybridized carbons (Fsp3) is 0.219. The second kappa shape index (κ2) is 13.5. The number of nitrogens with zero attached hydrogens (tertiary/aromatic N) is 1. The van der Waals surface area contributed by atoms with Gasteiger partial charge in [0.1, 0.15) is 16.8 Å². The van der Waals surface area contributed by atoms with Crippen LogP contribution in [0.25, 0.3) is 10.6 Å². The maximum Gasteiger partial charge on any atom is 0.416 e. The van der Waals surface area contributed by atoms with E-state index in [1.807, 2.05) is 37.3 Å². The van der Waals surface area contributed by atoms with Crippen molar-refractivity contribution in [2.24, 2.45) is 0 Å². The zero-order valence-corrected chi connectivity index (χ0v) is 23.8. The molecule has 1 heterocycles. The molecule has 0 saturated carbocycles. The fourth-order valence-electron chi connectivity index (χ4n) is 4.21. The Morgan fingerprint density at radius 2 is 1.69 bits per heavy atom. The van der Waals surface area contributed by atoms with Gasteiger partial charge in [-0.25, -0.2) is 9.78 Å². The molecule has 1 aromatic heterocycles. The Labute approximate surface area is 245 Å². The summed E-state index contributed by atoms with van der Waals surface area (Å²) in [6, 6.07) is 19.9. The molecule has 0 aliphatic rings. The third-order valence-electron chi connectivity index (χ3n) is 6.43. The van der Waals surface area contributed by atoms with Gasteiger partial charge >= 0.3 is 12.1 Å². The highest BCUT2D eigenvalue weighted by Gasteiger charge is 2.30. The third-order valence-corrected chi connectivity index (χ3v) is 7.49. The number of hydrogen-bond acceptors (Lipinski definition) is 6. The lowest BCUT2D eigenvalue weighted by molar-refractivity contribution is -0.139. The van der Waals surface area contributed by atoms with Crippen LogP contribution in [0.3, 0.4) is 0 Å². The number of rotatable bonds is 12. The number of aromatic nitrogens is 1. The molecular formula is C32H29F3N2O4S. The number of carboxylic acids is 1. The lowest BCUT2D eigenvalue weighted by Gasteiger charge is -2.16. The highest BCUT2D eigenvalue weighted by atomic mass is 32.1. The quantitative estimate of drug-likeness (QED) is 0.134. The summed E-state index contributed by atoms with van der Waals surface area (Å²) in [5.74, 6) is -1.00. The number of thiazole rings is 1. The minimum atomic E-state index is -4.50. The molecule has 6 nitrogen and oxygen atoms in total. The minimum absolute atomic E-state index is 0.0631. The molecule has 0 aliphatic heterocycles. The average molecular weight is 595 g/mol. The number of aryl methyl sites for hydroxylation is 1. The van der Waals surface area contributed by atoms with E-state index in [0.717, 1.165) is 51.0 Å². The van der Waals surface area contributed by atoms with Crippen molar-refractivity contribution in [1.82, 2.24) is 10.3 Å². The number of allylic oxidation sites excluding steroid dienone is 2. The van der Waals surface area contributed by atoms with Crippen molar-refractivity contribution in [3.05, 3.63) is 118 Å². The Morgan fingerprint density at radius 3 is 2.31 bits per heavy atom. The van der Waals surface area contributed by atoms with Crippen LogP contribution in [0.2, 0.25) is 0 Å². The number of hydrogen-bond donors (Lipinski definition) is 2. The number of ketones is 1. The van der Waals surface area contributed by atoms with Crippen LogP contribution in [0.4, 0.5) is 13.2 Å². The molecule has 0 spiro atoms. The lowest BCUT2D eigenvalue weighted by Crippen LogP contribution is -2.37. The van der Waals surface area contributed by atoms with Crippen molar-refractivity contribution in [3.8, 4) is 16.3 Å². The van der Waals surface area contributed by atoms with Crippen molar-refractivity contribution in [3.63, 3.8) is 0 Å². The summed E-state index contributed by atoms with van der Waals surface area (Å²) in [4.78, 5) is 30.2. The van der Waals surface area contributed by atoms with Gasteiger partial charge < -0.3 is 15.2 Å². The van der Waals surface area contributed by atoms with Crippen molar-refractivity contribution in [2.75, 3.05) is 6.61 Å². The average Bonchev–Trinajstić information content (AvgIpc) is 3.33. The van der Waals surface area contributed by atoms with Crippen LogP contribution in [-0.4, -0.2) is 34.5 Å². The van der Waals surface area contributed by atoms with Crippen molar-refractivity contribution >= 4 is 23.1 Å². The topological polar surface area (TPSA) is 88.5 Å². The molecule has 218 valence electrons. The molecule has 1 atom stereocenters. The zero-order chi connectivity index (χ0) is 30.3. The number of benzene rings is 3. The van der Waals surface area contributed by atoms with Crippen LogP contribution >= 0.6 is 11.3 Å². The summed E-state index contributed by atoms with van der Waals surface area (Å²) in [6.45, 7) is 4.01. The predicted octanol–water partition coefficient (Wildman–Crippen LogP) is 7.13. The lowest BCUT2D eigenvalue weighted by atomic mass is 10.0. The van der Waals surface area contributed by atoms with Gasteiger partial charge in [0.2, 0.25) is 0 Å². The molecule has 2 N–H and O–H groups in total. The van der Waals surface area contributed by atoms with E-state index in [-0.39, 0.29) is 17.7 Å². The van der Waals surface area contributed by atoms with Crippen LogP contribution in [0.5, 0.6) is 5.75 Å². The minimum Gasteiger partial charge on any atom is -0.493 e. The van der Waals surface area contributed by atoms with Gasteiger partial charge in [-0.15, -0.1) is 11.3 Å². The molecule has 0 saturated heterocycles. The van der Waals surface area contributed by atoms with Crippen molar-refractivity contribution in [2.45, 2.75) is 38.9 Å². The van der Waals surface area contributed by atoms with E-state index >= 15 is 0 Å². The summed E-state index contributed by atoms with van der Waals surface area (Å²) in [6.07, 6.45) is -2.54. The standard InChI is InChI=1S/C32H29F3N2O4S/c1-20(18-29(38)23-10-12-25(13-11-23)32(33,34)35)36-28(31(39)40)19-22-8-14-26(15-9-22)41-17-16-27-21(2)42-30(37-27)24-6-4-3-5-7-24/h3-15,18,28,36H,16-17,19H2,1-2H3,(H,39,40)/b20-18-. The zero-order valence-electron chi connectivity index (χ0n) is 22.9. The van der Waals surface area contributed by atoms with Crippen LogP contribution in [0, 0.1) is 6.92 Å². The summed E-state index contributed by atoms with van der Waals surface area (Å²) in [5.41, 5.74) is 2.30. The molecule has 4 rings (SSSR count). The van der Waals surface area contributed by atoms with Gasteiger partial charge in [-0.3, -0.25) is 4.79 Å². The third kappa shape index (κ3) is 8.29. The van der Waals surface area contributed by atoms with Gasteiger partial charge in [0, 0.05) is 40.6 Å². The number of alkyl halides is 3. The normalized spacial score (nSPS) is 12.5. The molecule has 0 radical (unpaired) electrons. The van der Waals surface area contributed by atoms with Crippen LogP contribution in [0.15, 0.2) is 90.6 Å². The molecule has 0 bridgehead atoms. The predicted molar refractivity (Wildman–Crippen MR) is 156 cm³/mol. The Balaban J connectivity index is 1.30. The first-order chi connectivity index (χ1) is 20.0. The maximum atomic E-state index is 12.8. The van der Waals surface area contributed by atoms with Gasteiger partial charge in [0.05, 0.1) is 17.9 Å². The van der Waals surface area contributed by atoms with Gasteiger partial charge in [-0.05, 0) is 43.7 Å². The first-order valence-electron chi connectivity index (χ1n) is 13.1. The molecule has 1 unspecified atom stereocenters. The summed E-state index contributed by atoms with van der Waals surface area (Å²) >= 11 is 1.65. The van der Waals surface area contributed by atoms with E-state index in [1.165, 1.54) is 13.0 Å². The molecule has 42 heavy (non-hydrogen) atoms. The molecule has 3 aromatic carbocycles. The molecule has 10 heteroatoms. The Hall–Kier alpha value is -4.44. The summed E-state index contributed by atoms with van der Waals surface area (Å²) < 4.78 is 44.2. The van der Waals surface area contributed by atoms with E-state index in [4.69, 9.17) is 9.72 Å². The maximum absolute atomic E-state index is 12.8. The summed E-state index contributed by atoms with van der Waals surface area (Å²) in [5, 5.41) is 13.5. The highest BCUT2D eigenvalue weighted by molar-refractivity contribution is 7.15.